The lowest BCUT2D eigenvalue weighted by molar-refractivity contribution is -0.0530. The Bertz CT molecular complexity index is 1360. The molecule has 3 aliphatic rings. The molecule has 32 heavy (non-hydrogen) atoms. The van der Waals surface area contributed by atoms with Crippen LogP contribution in [0.15, 0.2) is 18.6 Å². The molecule has 0 radical (unpaired) electrons. The van der Waals surface area contributed by atoms with Crippen LogP contribution in [0.2, 0.25) is 0 Å². The molecule has 164 valence electrons. The van der Waals surface area contributed by atoms with Crippen LogP contribution in [0.3, 0.4) is 0 Å². The normalized spacial score (nSPS) is 21.4. The smallest absolute Gasteiger partial charge is 0.177 e. The molecule has 0 bridgehead atoms. The molecule has 3 aliphatic heterocycles. The number of fused-ring (bicyclic) bond motifs is 4. The molecule has 7 rings (SSSR count). The van der Waals surface area contributed by atoms with Gasteiger partial charge >= 0.3 is 0 Å². The Kier molecular flexibility index (Phi) is 3.59. The van der Waals surface area contributed by atoms with Crippen molar-refractivity contribution in [1.29, 1.82) is 0 Å². The van der Waals surface area contributed by atoms with Gasteiger partial charge in [-0.15, -0.1) is 0 Å². The standard InChI is InChI=1S/C22H24N8O2/c1-21(2)20-26-15-18(29-10-22(11-29)4-3-6-32-22)27-16(28-19(15)30(20)5-7-31-21)13-8-14-17(23-9-13)25-12-24-14/h8-9,12H,3-7,10-11H2,1-2H3,(H,23,24,25). The quantitative estimate of drug-likeness (QED) is 0.515. The predicted molar refractivity (Wildman–Crippen MR) is 117 cm³/mol. The van der Waals surface area contributed by atoms with Gasteiger partial charge in [-0.05, 0) is 32.8 Å². The van der Waals surface area contributed by atoms with E-state index in [-0.39, 0.29) is 5.60 Å². The van der Waals surface area contributed by atoms with Gasteiger partial charge in [0, 0.05) is 24.9 Å². The first-order valence-corrected chi connectivity index (χ1v) is 11.1. The Morgan fingerprint density at radius 1 is 1.06 bits per heavy atom. The first-order valence-electron chi connectivity index (χ1n) is 11.1. The summed E-state index contributed by atoms with van der Waals surface area (Å²) in [7, 11) is 0. The second-order valence-corrected chi connectivity index (χ2v) is 9.48. The van der Waals surface area contributed by atoms with Crippen molar-refractivity contribution < 1.29 is 9.47 Å². The summed E-state index contributed by atoms with van der Waals surface area (Å²) in [6, 6.07) is 2.00. The van der Waals surface area contributed by atoms with E-state index in [9.17, 15) is 0 Å². The van der Waals surface area contributed by atoms with Crippen molar-refractivity contribution in [3.8, 4) is 11.4 Å². The minimum absolute atomic E-state index is 0.0322. The Morgan fingerprint density at radius 3 is 2.81 bits per heavy atom. The van der Waals surface area contributed by atoms with E-state index in [1.165, 1.54) is 0 Å². The molecule has 10 nitrogen and oxygen atoms in total. The molecular formula is C22H24N8O2. The molecule has 7 heterocycles. The van der Waals surface area contributed by atoms with Crippen molar-refractivity contribution in [3.63, 3.8) is 0 Å². The zero-order chi connectivity index (χ0) is 21.5. The minimum Gasteiger partial charge on any atom is -0.371 e. The second kappa shape index (κ2) is 6.23. The zero-order valence-electron chi connectivity index (χ0n) is 18.1. The molecule has 0 aliphatic carbocycles. The SMILES string of the molecule is CC1(C)OCCn2c1nc1c(N3CC4(CCCO4)C3)nc(-c3cnc4nc[nH]c4c3)nc12. The van der Waals surface area contributed by atoms with E-state index >= 15 is 0 Å². The number of hydrogen-bond donors (Lipinski definition) is 1. The van der Waals surface area contributed by atoms with E-state index in [2.05, 4.69) is 38.3 Å². The van der Waals surface area contributed by atoms with Crippen molar-refractivity contribution in [2.75, 3.05) is 31.2 Å². The lowest BCUT2D eigenvalue weighted by Gasteiger charge is -2.47. The summed E-state index contributed by atoms with van der Waals surface area (Å²) in [4.78, 5) is 29.0. The summed E-state index contributed by atoms with van der Waals surface area (Å²) in [6.45, 7) is 7.96. The molecule has 4 aromatic heterocycles. The number of imidazole rings is 2. The monoisotopic (exact) mass is 432 g/mol. The molecule has 0 amide bonds. The highest BCUT2D eigenvalue weighted by atomic mass is 16.5. The number of H-pyrrole nitrogens is 1. The van der Waals surface area contributed by atoms with Crippen LogP contribution in [0.4, 0.5) is 5.82 Å². The maximum Gasteiger partial charge on any atom is 0.177 e. The summed E-state index contributed by atoms with van der Waals surface area (Å²) >= 11 is 0. The molecule has 2 fully saturated rings. The molecule has 1 spiro atoms. The highest BCUT2D eigenvalue weighted by Gasteiger charge is 2.48. The van der Waals surface area contributed by atoms with Crippen molar-refractivity contribution in [2.24, 2.45) is 0 Å². The van der Waals surface area contributed by atoms with Gasteiger partial charge in [-0.25, -0.2) is 24.9 Å². The van der Waals surface area contributed by atoms with Crippen LogP contribution in [-0.2, 0) is 21.6 Å². The number of pyridine rings is 1. The fourth-order valence-corrected chi connectivity index (χ4v) is 5.22. The molecule has 0 aromatic carbocycles. The number of aromatic amines is 1. The second-order valence-electron chi connectivity index (χ2n) is 9.48. The van der Waals surface area contributed by atoms with E-state index in [4.69, 9.17) is 24.4 Å². The largest absolute Gasteiger partial charge is 0.371 e. The van der Waals surface area contributed by atoms with Gasteiger partial charge in [0.2, 0.25) is 0 Å². The third kappa shape index (κ3) is 2.56. The molecule has 10 heteroatoms. The molecule has 1 N–H and O–H groups in total. The van der Waals surface area contributed by atoms with Crippen LogP contribution in [0.1, 0.15) is 32.5 Å². The average Bonchev–Trinajstić information content (AvgIpc) is 3.49. The first-order chi connectivity index (χ1) is 15.5. The average molecular weight is 432 g/mol. The number of ether oxygens (including phenoxy) is 2. The van der Waals surface area contributed by atoms with Crippen molar-refractivity contribution in [1.82, 2.24) is 34.5 Å². The van der Waals surface area contributed by atoms with Crippen molar-refractivity contribution in [3.05, 3.63) is 24.4 Å². The first kappa shape index (κ1) is 18.5. The van der Waals surface area contributed by atoms with Crippen LogP contribution in [-0.4, -0.2) is 66.4 Å². The van der Waals surface area contributed by atoms with Crippen LogP contribution in [0, 0.1) is 0 Å². The maximum atomic E-state index is 6.06. The molecule has 0 unspecified atom stereocenters. The van der Waals surface area contributed by atoms with Crippen LogP contribution in [0.25, 0.3) is 33.7 Å². The van der Waals surface area contributed by atoms with Gasteiger partial charge < -0.3 is 23.9 Å². The summed E-state index contributed by atoms with van der Waals surface area (Å²) in [5.74, 6) is 2.38. The highest BCUT2D eigenvalue weighted by Crippen LogP contribution is 2.41. The van der Waals surface area contributed by atoms with Gasteiger partial charge in [0.25, 0.3) is 0 Å². The lowest BCUT2D eigenvalue weighted by Crippen LogP contribution is -2.62. The number of hydrogen-bond acceptors (Lipinski definition) is 8. The van der Waals surface area contributed by atoms with Gasteiger partial charge in [0.15, 0.2) is 28.5 Å². The third-order valence-corrected chi connectivity index (χ3v) is 6.87. The van der Waals surface area contributed by atoms with Gasteiger partial charge in [-0.3, -0.25) is 0 Å². The summed E-state index contributed by atoms with van der Waals surface area (Å²) in [6.07, 6.45) is 5.66. The van der Waals surface area contributed by atoms with Crippen molar-refractivity contribution >= 4 is 28.1 Å². The topological polar surface area (TPSA) is 107 Å². The molecule has 0 saturated carbocycles. The number of anilines is 1. The van der Waals surface area contributed by atoms with E-state index in [0.717, 1.165) is 73.0 Å². The van der Waals surface area contributed by atoms with Crippen molar-refractivity contribution in [2.45, 2.75) is 44.4 Å². The Balaban J connectivity index is 1.41. The fourth-order valence-electron chi connectivity index (χ4n) is 5.22. The van der Waals surface area contributed by atoms with E-state index < -0.39 is 5.60 Å². The fraction of sp³-hybridized carbons (Fsp3) is 0.500. The maximum absolute atomic E-state index is 6.06. The Labute approximate surface area is 184 Å². The van der Waals surface area contributed by atoms with Crippen LogP contribution >= 0.6 is 0 Å². The molecule has 2 saturated heterocycles. The van der Waals surface area contributed by atoms with E-state index in [0.29, 0.717) is 18.1 Å². The van der Waals surface area contributed by atoms with Crippen LogP contribution < -0.4 is 4.90 Å². The summed E-state index contributed by atoms with van der Waals surface area (Å²) in [5.41, 5.74) is 3.55. The third-order valence-electron chi connectivity index (χ3n) is 6.87. The Morgan fingerprint density at radius 2 is 1.97 bits per heavy atom. The number of aromatic nitrogens is 7. The minimum atomic E-state index is -0.475. The number of nitrogens with zero attached hydrogens (tertiary/aromatic N) is 7. The summed E-state index contributed by atoms with van der Waals surface area (Å²) < 4.78 is 14.2. The lowest BCUT2D eigenvalue weighted by atomic mass is 9.91. The van der Waals surface area contributed by atoms with Crippen LogP contribution in [0.5, 0.6) is 0 Å². The van der Waals surface area contributed by atoms with E-state index in [1.807, 2.05) is 6.07 Å². The van der Waals surface area contributed by atoms with Gasteiger partial charge in [-0.2, -0.15) is 0 Å². The predicted octanol–water partition coefficient (Wildman–Crippen LogP) is 2.40. The zero-order valence-corrected chi connectivity index (χ0v) is 18.1. The number of rotatable bonds is 2. The molecular weight excluding hydrogens is 408 g/mol. The molecule has 4 aromatic rings. The Hall–Kier alpha value is -3.11. The van der Waals surface area contributed by atoms with Gasteiger partial charge in [0.1, 0.15) is 17.0 Å². The number of nitrogens with one attached hydrogen (secondary N) is 1. The molecule has 0 atom stereocenters. The van der Waals surface area contributed by atoms with Gasteiger partial charge in [-0.1, -0.05) is 0 Å². The van der Waals surface area contributed by atoms with E-state index in [1.54, 1.807) is 12.5 Å². The highest BCUT2D eigenvalue weighted by molar-refractivity contribution is 5.87. The van der Waals surface area contributed by atoms with Gasteiger partial charge in [0.05, 0.1) is 31.5 Å². The summed E-state index contributed by atoms with van der Waals surface area (Å²) in [5, 5.41) is 0.